The Hall–Kier alpha value is -1.76. The van der Waals surface area contributed by atoms with E-state index >= 15 is 0 Å². The molecule has 0 radical (unpaired) electrons. The van der Waals surface area contributed by atoms with Gasteiger partial charge in [-0.1, -0.05) is 0 Å². The molecular weight excluding hydrogens is 263 g/mol. The lowest BCUT2D eigenvalue weighted by atomic mass is 9.91. The predicted molar refractivity (Wildman–Crippen MR) is 62.4 cm³/mol. The molecule has 7 heteroatoms. The van der Waals surface area contributed by atoms with Gasteiger partial charge >= 0.3 is 12.1 Å². The Morgan fingerprint density at radius 2 is 1.84 bits per heavy atom. The quantitative estimate of drug-likeness (QED) is 0.642. The average Bonchev–Trinajstić information content (AvgIpc) is 2.25. The number of rotatable bonds is 2. The lowest BCUT2D eigenvalue weighted by Gasteiger charge is -2.23. The third kappa shape index (κ3) is 3.17. The maximum absolute atomic E-state index is 12.8. The molecule has 0 amide bonds. The second-order valence-corrected chi connectivity index (χ2v) is 4.53. The summed E-state index contributed by atoms with van der Waals surface area (Å²) in [6.07, 6.45) is -4.66. The zero-order valence-electron chi connectivity index (χ0n) is 10.6. The van der Waals surface area contributed by atoms with Gasteiger partial charge in [0.05, 0.1) is 29.5 Å². The van der Waals surface area contributed by atoms with Gasteiger partial charge in [-0.15, -0.1) is 0 Å². The van der Waals surface area contributed by atoms with Crippen molar-refractivity contribution in [3.05, 3.63) is 28.8 Å². The van der Waals surface area contributed by atoms with Crippen LogP contribution in [0.5, 0.6) is 0 Å². The topological polar surface area (TPSA) is 72.5 Å². The first kappa shape index (κ1) is 15.3. The van der Waals surface area contributed by atoms with E-state index < -0.39 is 28.9 Å². The molecule has 19 heavy (non-hydrogen) atoms. The zero-order valence-corrected chi connectivity index (χ0v) is 10.6. The van der Waals surface area contributed by atoms with Crippen LogP contribution in [-0.2, 0) is 16.5 Å². The Bertz CT molecular complexity index is 504. The molecule has 106 valence electrons. The van der Waals surface area contributed by atoms with E-state index in [1.165, 1.54) is 13.8 Å². The molecule has 0 aromatic heterocycles. The molecule has 0 fully saturated rings. The lowest BCUT2D eigenvalue weighted by Crippen LogP contribution is -2.22. The fourth-order valence-electron chi connectivity index (χ4n) is 1.60. The molecule has 0 aliphatic heterocycles. The molecule has 4 nitrogen and oxygen atoms in total. The number of halogens is 3. The van der Waals surface area contributed by atoms with Gasteiger partial charge in [0.25, 0.3) is 0 Å². The summed E-state index contributed by atoms with van der Waals surface area (Å²) in [5, 5.41) is 9.84. The minimum Gasteiger partial charge on any atom is -0.465 e. The van der Waals surface area contributed by atoms with Gasteiger partial charge in [0, 0.05) is 5.56 Å². The highest BCUT2D eigenvalue weighted by molar-refractivity contribution is 5.96. The molecule has 0 spiro atoms. The summed E-state index contributed by atoms with van der Waals surface area (Å²) < 4.78 is 42.7. The standard InChI is InChI=1S/C12H14F3NO3/c1-11(2,18)8-5-6(12(13,14)15)4-7(9(8)16)10(17)19-3/h4-5,18H,16H2,1-3H3. The Kier molecular flexibility index (Phi) is 3.81. The second kappa shape index (κ2) is 4.73. The first-order chi connectivity index (χ1) is 8.48. The number of carbonyl (C=O) groups is 1. The summed E-state index contributed by atoms with van der Waals surface area (Å²) >= 11 is 0. The Morgan fingerprint density at radius 1 is 1.32 bits per heavy atom. The van der Waals surface area contributed by atoms with E-state index in [1.54, 1.807) is 0 Å². The van der Waals surface area contributed by atoms with Gasteiger partial charge in [0.15, 0.2) is 0 Å². The van der Waals surface area contributed by atoms with Crippen molar-refractivity contribution in [2.24, 2.45) is 0 Å². The summed E-state index contributed by atoms with van der Waals surface area (Å²) in [4.78, 5) is 11.4. The summed E-state index contributed by atoms with van der Waals surface area (Å²) in [5.41, 5.74) is 2.11. The molecule has 0 aliphatic carbocycles. The van der Waals surface area contributed by atoms with Gasteiger partial charge in [-0.25, -0.2) is 4.79 Å². The predicted octanol–water partition coefficient (Wildman–Crippen LogP) is 2.30. The summed E-state index contributed by atoms with van der Waals surface area (Å²) in [6.45, 7) is 2.56. The molecule has 0 unspecified atom stereocenters. The normalized spacial score (nSPS) is 12.4. The van der Waals surface area contributed by atoms with Crippen LogP contribution in [0.25, 0.3) is 0 Å². The van der Waals surface area contributed by atoms with Gasteiger partial charge < -0.3 is 15.6 Å². The fourth-order valence-corrected chi connectivity index (χ4v) is 1.60. The van der Waals surface area contributed by atoms with E-state index in [9.17, 15) is 23.1 Å². The van der Waals surface area contributed by atoms with Crippen molar-refractivity contribution in [1.29, 1.82) is 0 Å². The highest BCUT2D eigenvalue weighted by Crippen LogP contribution is 2.37. The van der Waals surface area contributed by atoms with Gasteiger partial charge in [-0.05, 0) is 26.0 Å². The fraction of sp³-hybridized carbons (Fsp3) is 0.417. The van der Waals surface area contributed by atoms with E-state index in [1.807, 2.05) is 0 Å². The largest absolute Gasteiger partial charge is 0.465 e. The molecule has 1 rings (SSSR count). The number of nitrogens with two attached hydrogens (primary N) is 1. The third-order valence-corrected chi connectivity index (χ3v) is 2.57. The second-order valence-electron chi connectivity index (χ2n) is 4.53. The number of alkyl halides is 3. The van der Waals surface area contributed by atoms with Crippen molar-refractivity contribution in [2.45, 2.75) is 25.6 Å². The van der Waals surface area contributed by atoms with Gasteiger partial charge in [-0.2, -0.15) is 13.2 Å². The molecular formula is C12H14F3NO3. The number of anilines is 1. The van der Waals surface area contributed by atoms with Crippen LogP contribution in [0.3, 0.4) is 0 Å². The van der Waals surface area contributed by atoms with Crippen molar-refractivity contribution in [3.63, 3.8) is 0 Å². The monoisotopic (exact) mass is 277 g/mol. The molecule has 3 N–H and O–H groups in total. The minimum absolute atomic E-state index is 0.178. The first-order valence-corrected chi connectivity index (χ1v) is 5.30. The molecule has 0 heterocycles. The van der Waals surface area contributed by atoms with Crippen LogP contribution in [0.15, 0.2) is 12.1 Å². The number of nitrogen functional groups attached to an aromatic ring is 1. The van der Waals surface area contributed by atoms with Gasteiger partial charge in [-0.3, -0.25) is 0 Å². The lowest BCUT2D eigenvalue weighted by molar-refractivity contribution is -0.137. The number of esters is 1. The van der Waals surface area contributed by atoms with Crippen LogP contribution in [0.2, 0.25) is 0 Å². The van der Waals surface area contributed by atoms with Crippen LogP contribution >= 0.6 is 0 Å². The molecule has 0 saturated carbocycles. The molecule has 1 aromatic carbocycles. The maximum atomic E-state index is 12.8. The van der Waals surface area contributed by atoms with E-state index in [-0.39, 0.29) is 11.3 Å². The number of benzene rings is 1. The summed E-state index contributed by atoms with van der Waals surface area (Å²) in [6, 6.07) is 1.33. The number of aliphatic hydroxyl groups is 1. The zero-order chi connectivity index (χ0) is 15.0. The minimum atomic E-state index is -4.66. The number of hydrogen-bond acceptors (Lipinski definition) is 4. The third-order valence-electron chi connectivity index (χ3n) is 2.57. The van der Waals surface area contributed by atoms with E-state index in [0.717, 1.165) is 13.2 Å². The highest BCUT2D eigenvalue weighted by Gasteiger charge is 2.35. The van der Waals surface area contributed by atoms with E-state index in [2.05, 4.69) is 4.74 Å². The smallest absolute Gasteiger partial charge is 0.416 e. The number of carbonyl (C=O) groups excluding carboxylic acids is 1. The molecule has 0 bridgehead atoms. The van der Waals surface area contributed by atoms with Crippen molar-refractivity contribution in [3.8, 4) is 0 Å². The molecule has 1 aromatic rings. The molecule has 0 aliphatic rings. The number of methoxy groups -OCH3 is 1. The van der Waals surface area contributed by atoms with Crippen LogP contribution in [0.4, 0.5) is 18.9 Å². The highest BCUT2D eigenvalue weighted by atomic mass is 19.4. The van der Waals surface area contributed by atoms with Gasteiger partial charge in [0.2, 0.25) is 0 Å². The number of hydrogen-bond donors (Lipinski definition) is 2. The van der Waals surface area contributed by atoms with Crippen LogP contribution < -0.4 is 5.73 Å². The van der Waals surface area contributed by atoms with E-state index in [0.29, 0.717) is 6.07 Å². The Labute approximate surface area is 108 Å². The van der Waals surface area contributed by atoms with Crippen molar-refractivity contribution < 1.29 is 27.8 Å². The van der Waals surface area contributed by atoms with Crippen molar-refractivity contribution in [1.82, 2.24) is 0 Å². The number of ether oxygens (including phenoxy) is 1. The molecule has 0 atom stereocenters. The van der Waals surface area contributed by atoms with E-state index in [4.69, 9.17) is 5.73 Å². The van der Waals surface area contributed by atoms with Crippen molar-refractivity contribution >= 4 is 11.7 Å². The first-order valence-electron chi connectivity index (χ1n) is 5.30. The molecule has 0 saturated heterocycles. The van der Waals surface area contributed by atoms with Crippen molar-refractivity contribution in [2.75, 3.05) is 12.8 Å². The van der Waals surface area contributed by atoms with Gasteiger partial charge in [0.1, 0.15) is 0 Å². The SMILES string of the molecule is COC(=O)c1cc(C(F)(F)F)cc(C(C)(C)O)c1N. The summed E-state index contributed by atoms with van der Waals surface area (Å²) in [5.74, 6) is -0.992. The van der Waals surface area contributed by atoms with Crippen LogP contribution in [-0.4, -0.2) is 18.2 Å². The maximum Gasteiger partial charge on any atom is 0.416 e. The van der Waals surface area contributed by atoms with Crippen LogP contribution in [0.1, 0.15) is 35.3 Å². The van der Waals surface area contributed by atoms with Crippen LogP contribution in [0, 0.1) is 0 Å². The average molecular weight is 277 g/mol. The summed E-state index contributed by atoms with van der Waals surface area (Å²) in [7, 11) is 1.03. The Balaban J connectivity index is 3.62. The Morgan fingerprint density at radius 3 is 2.21 bits per heavy atom.